The Morgan fingerprint density at radius 1 is 1.26 bits per heavy atom. The van der Waals surface area contributed by atoms with Gasteiger partial charge in [-0.05, 0) is 55.9 Å². The maximum atomic E-state index is 12.6. The number of carboxylic acid groups (broad SMARTS) is 1. The number of carbonyl (C=O) groups is 2. The summed E-state index contributed by atoms with van der Waals surface area (Å²) in [7, 11) is -1.27. The Hall–Kier alpha value is -2.52. The van der Waals surface area contributed by atoms with Gasteiger partial charge in [-0.1, -0.05) is 17.7 Å². The maximum Gasteiger partial charge on any atom is 0.547 e. The van der Waals surface area contributed by atoms with Gasteiger partial charge in [0.15, 0.2) is 0 Å². The summed E-state index contributed by atoms with van der Waals surface area (Å²) in [4.78, 5) is 26.3. The molecule has 1 saturated heterocycles. The molecule has 1 saturated carbocycles. The molecule has 2 fully saturated rings. The summed E-state index contributed by atoms with van der Waals surface area (Å²) in [5.74, 6) is -1.26. The number of aromatic carboxylic acids is 1. The van der Waals surface area contributed by atoms with Crippen LogP contribution in [0.2, 0.25) is 0 Å². The van der Waals surface area contributed by atoms with Crippen molar-refractivity contribution in [2.45, 2.75) is 44.5 Å². The molecule has 1 aromatic carbocycles. The van der Waals surface area contributed by atoms with E-state index in [0.29, 0.717) is 24.3 Å². The summed E-state index contributed by atoms with van der Waals surface area (Å²) in [5, 5.41) is 25.9. The molecule has 0 aromatic heterocycles. The van der Waals surface area contributed by atoms with Crippen LogP contribution in [-0.2, 0) is 11.2 Å². The number of benzene rings is 1. The SMILES string of the molecule is O=C(CC1CCC(=CN2CCNCC2)CC1)NC1Cc2cccc(C(=O)O)c2OB1O. The summed E-state index contributed by atoms with van der Waals surface area (Å²) >= 11 is 0. The minimum Gasteiger partial charge on any atom is -0.534 e. The number of nitrogens with one attached hydrogen (secondary N) is 2. The van der Waals surface area contributed by atoms with E-state index >= 15 is 0 Å². The van der Waals surface area contributed by atoms with E-state index in [2.05, 4.69) is 21.7 Å². The van der Waals surface area contributed by atoms with Gasteiger partial charge in [-0.3, -0.25) is 4.79 Å². The average Bonchev–Trinajstić information content (AvgIpc) is 2.76. The molecule has 1 unspecified atom stereocenters. The van der Waals surface area contributed by atoms with Crippen molar-refractivity contribution in [3.8, 4) is 5.75 Å². The first-order chi connectivity index (χ1) is 15.0. The van der Waals surface area contributed by atoms with Gasteiger partial charge < -0.3 is 30.3 Å². The predicted molar refractivity (Wildman–Crippen MR) is 117 cm³/mol. The van der Waals surface area contributed by atoms with Crippen molar-refractivity contribution < 1.29 is 24.4 Å². The highest BCUT2D eigenvalue weighted by Gasteiger charge is 2.38. The molecular formula is C22H30BN3O5. The molecule has 9 heteroatoms. The lowest BCUT2D eigenvalue weighted by molar-refractivity contribution is -0.122. The molecule has 166 valence electrons. The van der Waals surface area contributed by atoms with Crippen molar-refractivity contribution >= 4 is 19.0 Å². The Bertz CT molecular complexity index is 846. The van der Waals surface area contributed by atoms with E-state index in [1.54, 1.807) is 12.1 Å². The van der Waals surface area contributed by atoms with Crippen molar-refractivity contribution in [1.29, 1.82) is 0 Å². The fourth-order valence-corrected chi connectivity index (χ4v) is 4.70. The molecule has 2 heterocycles. The van der Waals surface area contributed by atoms with Gasteiger partial charge >= 0.3 is 13.1 Å². The van der Waals surface area contributed by atoms with Gasteiger partial charge in [-0.2, -0.15) is 0 Å². The summed E-state index contributed by atoms with van der Waals surface area (Å²) in [5.41, 5.74) is 2.17. The fourth-order valence-electron chi connectivity index (χ4n) is 4.70. The number of piperazine rings is 1. The highest BCUT2D eigenvalue weighted by molar-refractivity contribution is 6.47. The van der Waals surface area contributed by atoms with E-state index in [-0.39, 0.29) is 17.2 Å². The quantitative estimate of drug-likeness (QED) is 0.523. The van der Waals surface area contributed by atoms with Gasteiger partial charge in [0, 0.05) is 32.6 Å². The third-order valence-electron chi connectivity index (χ3n) is 6.43. The van der Waals surface area contributed by atoms with E-state index < -0.39 is 19.0 Å². The van der Waals surface area contributed by atoms with Crippen LogP contribution in [0.1, 0.15) is 48.0 Å². The Balaban J connectivity index is 1.27. The number of fused-ring (bicyclic) bond motifs is 1. The van der Waals surface area contributed by atoms with Crippen LogP contribution in [0.15, 0.2) is 30.0 Å². The minimum absolute atomic E-state index is 0.0215. The fraction of sp³-hybridized carbons (Fsp3) is 0.545. The van der Waals surface area contributed by atoms with Gasteiger partial charge in [0.25, 0.3) is 0 Å². The number of carbonyl (C=O) groups excluding carboxylic acids is 1. The third-order valence-corrected chi connectivity index (χ3v) is 6.43. The normalized spacial score (nSPS) is 23.6. The van der Waals surface area contributed by atoms with Crippen molar-refractivity contribution in [1.82, 2.24) is 15.5 Å². The van der Waals surface area contributed by atoms with Crippen LogP contribution < -0.4 is 15.3 Å². The molecule has 1 aliphatic carbocycles. The second-order valence-corrected chi connectivity index (χ2v) is 8.71. The van der Waals surface area contributed by atoms with Gasteiger partial charge in [-0.15, -0.1) is 0 Å². The number of amides is 1. The van der Waals surface area contributed by atoms with E-state index in [9.17, 15) is 19.7 Å². The zero-order valence-corrected chi connectivity index (χ0v) is 17.7. The monoisotopic (exact) mass is 427 g/mol. The molecule has 0 radical (unpaired) electrons. The summed E-state index contributed by atoms with van der Waals surface area (Å²) in [6.07, 6.45) is 7.15. The van der Waals surface area contributed by atoms with Crippen molar-refractivity contribution in [3.05, 3.63) is 41.1 Å². The number of para-hydroxylation sites is 1. The highest BCUT2D eigenvalue weighted by Crippen LogP contribution is 2.32. The van der Waals surface area contributed by atoms with Crippen LogP contribution in [0, 0.1) is 5.92 Å². The van der Waals surface area contributed by atoms with Gasteiger partial charge in [0.2, 0.25) is 5.91 Å². The minimum atomic E-state index is -1.27. The van der Waals surface area contributed by atoms with Crippen LogP contribution in [-0.4, -0.2) is 66.1 Å². The molecule has 4 rings (SSSR count). The van der Waals surface area contributed by atoms with Crippen LogP contribution in [0.5, 0.6) is 5.75 Å². The van der Waals surface area contributed by atoms with Gasteiger partial charge in [0.1, 0.15) is 5.75 Å². The molecule has 8 nitrogen and oxygen atoms in total. The van der Waals surface area contributed by atoms with Crippen LogP contribution in [0.4, 0.5) is 0 Å². The first-order valence-corrected chi connectivity index (χ1v) is 11.1. The summed E-state index contributed by atoms with van der Waals surface area (Å²) < 4.78 is 5.46. The molecular weight excluding hydrogens is 397 g/mol. The molecule has 0 spiro atoms. The zero-order valence-electron chi connectivity index (χ0n) is 17.7. The summed E-state index contributed by atoms with van der Waals surface area (Å²) in [6.45, 7) is 4.17. The Morgan fingerprint density at radius 3 is 2.71 bits per heavy atom. The number of hydrogen-bond acceptors (Lipinski definition) is 6. The molecule has 0 bridgehead atoms. The van der Waals surface area contributed by atoms with Crippen LogP contribution >= 0.6 is 0 Å². The lowest BCUT2D eigenvalue weighted by Crippen LogP contribution is -2.53. The van der Waals surface area contributed by atoms with Crippen molar-refractivity contribution in [3.63, 3.8) is 0 Å². The Kier molecular flexibility index (Phi) is 6.82. The largest absolute Gasteiger partial charge is 0.547 e. The number of nitrogens with zero attached hydrogens (tertiary/aromatic N) is 1. The summed E-state index contributed by atoms with van der Waals surface area (Å²) in [6, 6.07) is 4.86. The number of allylic oxidation sites excluding steroid dienone is 1. The maximum absolute atomic E-state index is 12.6. The lowest BCUT2D eigenvalue weighted by Gasteiger charge is -2.31. The van der Waals surface area contributed by atoms with Gasteiger partial charge in [0.05, 0.1) is 11.5 Å². The molecule has 2 aliphatic heterocycles. The number of carboxylic acids is 1. The Morgan fingerprint density at radius 2 is 2.00 bits per heavy atom. The van der Waals surface area contributed by atoms with Crippen LogP contribution in [0.25, 0.3) is 0 Å². The number of rotatable bonds is 5. The molecule has 4 N–H and O–H groups in total. The predicted octanol–water partition coefficient (Wildman–Crippen LogP) is 1.19. The zero-order chi connectivity index (χ0) is 21.8. The second-order valence-electron chi connectivity index (χ2n) is 8.71. The second kappa shape index (κ2) is 9.74. The topological polar surface area (TPSA) is 111 Å². The third kappa shape index (κ3) is 5.40. The van der Waals surface area contributed by atoms with E-state index in [0.717, 1.165) is 51.9 Å². The van der Waals surface area contributed by atoms with Gasteiger partial charge in [-0.25, -0.2) is 4.79 Å². The van der Waals surface area contributed by atoms with Crippen molar-refractivity contribution in [2.75, 3.05) is 26.2 Å². The standard InChI is InChI=1S/C22H30BN3O5/c27-20(12-15-4-6-16(7-5-15)14-26-10-8-24-9-11-26)25-19-13-17-2-1-3-18(22(28)29)21(17)31-23(19)30/h1-3,14-15,19,24,30H,4-13H2,(H,25,27)(H,28,29). The van der Waals surface area contributed by atoms with Crippen LogP contribution in [0.3, 0.4) is 0 Å². The van der Waals surface area contributed by atoms with E-state index in [1.165, 1.54) is 11.6 Å². The highest BCUT2D eigenvalue weighted by atomic mass is 16.5. The molecule has 3 aliphatic rings. The smallest absolute Gasteiger partial charge is 0.534 e. The molecule has 1 aromatic rings. The molecule has 1 atom stereocenters. The van der Waals surface area contributed by atoms with Crippen molar-refractivity contribution in [2.24, 2.45) is 5.92 Å². The Labute approximate surface area is 182 Å². The first kappa shape index (κ1) is 21.7. The number of hydrogen-bond donors (Lipinski definition) is 4. The first-order valence-electron chi connectivity index (χ1n) is 11.1. The lowest BCUT2D eigenvalue weighted by atomic mass is 9.72. The van der Waals surface area contributed by atoms with E-state index in [1.807, 2.05) is 0 Å². The molecule has 1 amide bonds. The molecule has 31 heavy (non-hydrogen) atoms. The average molecular weight is 427 g/mol. The van der Waals surface area contributed by atoms with E-state index in [4.69, 9.17) is 4.65 Å².